The zero-order valence-electron chi connectivity index (χ0n) is 39.8. The lowest BCUT2D eigenvalue weighted by molar-refractivity contribution is 0.660. The van der Waals surface area contributed by atoms with Crippen LogP contribution in [0.3, 0.4) is 0 Å². The Morgan fingerprint density at radius 1 is 0.229 bits per heavy atom. The molecule has 0 saturated heterocycles. The van der Waals surface area contributed by atoms with E-state index in [0.29, 0.717) is 0 Å². The van der Waals surface area contributed by atoms with E-state index in [1.165, 1.54) is 154 Å². The molecule has 328 valence electrons. The lowest BCUT2D eigenvalue weighted by Crippen LogP contribution is -2.15. The average molecular weight is 889 g/mol. The molecule has 15 rings (SSSR count). The van der Waals surface area contributed by atoms with Crippen LogP contribution in [-0.4, -0.2) is 0 Å². The summed E-state index contributed by atoms with van der Waals surface area (Å²) < 4.78 is 0. The van der Waals surface area contributed by atoms with Crippen LogP contribution in [-0.2, 0) is 10.8 Å². The molecular weight excluding hydrogens is 841 g/mol. The Labute approximate surface area is 409 Å². The van der Waals surface area contributed by atoms with Crippen molar-refractivity contribution >= 4 is 43.1 Å². The van der Waals surface area contributed by atoms with E-state index in [4.69, 9.17) is 0 Å². The number of benzene rings is 12. The Kier molecular flexibility index (Phi) is 8.00. The van der Waals surface area contributed by atoms with Gasteiger partial charge in [0.1, 0.15) is 0 Å². The lowest BCUT2D eigenvalue weighted by atomic mass is 9.77. The standard InChI is InChI=1S/C70H48/c1-69(2)60-37-45(41-16-7-5-8-17-41)26-30-51(60)53-32-28-48(39-62(53)69)64-57-34-43-20-11-12-21-44(43)35-58(57)65(68-59-36-47-22-13-14-23-50(47)55-24-15-25-56(66(55)59)67(64)68)49-29-33-54-52-31-27-46(42-18-9-6-10-19-42)38-61(52)70(3,4)63(54)40-49/h5-40H,1-4H3. The highest BCUT2D eigenvalue weighted by Crippen LogP contribution is 2.61. The molecule has 0 fully saturated rings. The molecule has 12 aromatic rings. The fourth-order valence-corrected chi connectivity index (χ4v) is 13.3. The quantitative estimate of drug-likeness (QED) is 0.122. The van der Waals surface area contributed by atoms with Crippen molar-refractivity contribution < 1.29 is 0 Å². The van der Waals surface area contributed by atoms with Gasteiger partial charge in [-0.3, -0.25) is 0 Å². The third-order valence-electron chi connectivity index (χ3n) is 16.7. The Bertz CT molecular complexity index is 4260. The lowest BCUT2D eigenvalue weighted by Gasteiger charge is -2.25. The van der Waals surface area contributed by atoms with Gasteiger partial charge in [0.15, 0.2) is 0 Å². The Balaban J connectivity index is 1.02. The summed E-state index contributed by atoms with van der Waals surface area (Å²) in [5.74, 6) is 0. The van der Waals surface area contributed by atoms with Crippen LogP contribution in [0.1, 0.15) is 49.9 Å². The fraction of sp³-hybridized carbons (Fsp3) is 0.0857. The molecule has 0 spiro atoms. The summed E-state index contributed by atoms with van der Waals surface area (Å²) >= 11 is 0. The van der Waals surface area contributed by atoms with Gasteiger partial charge in [0.2, 0.25) is 0 Å². The van der Waals surface area contributed by atoms with Crippen LogP contribution in [0, 0.1) is 0 Å². The molecule has 0 bridgehead atoms. The van der Waals surface area contributed by atoms with Gasteiger partial charge in [-0.05, 0) is 197 Å². The second kappa shape index (κ2) is 14.1. The van der Waals surface area contributed by atoms with Gasteiger partial charge in [-0.25, -0.2) is 0 Å². The molecule has 0 radical (unpaired) electrons. The van der Waals surface area contributed by atoms with Crippen molar-refractivity contribution in [2.45, 2.75) is 38.5 Å². The first-order chi connectivity index (χ1) is 34.2. The zero-order chi connectivity index (χ0) is 46.6. The molecule has 70 heavy (non-hydrogen) atoms. The summed E-state index contributed by atoms with van der Waals surface area (Å²) in [4.78, 5) is 0. The summed E-state index contributed by atoms with van der Waals surface area (Å²) in [5, 5.41) is 10.3. The summed E-state index contributed by atoms with van der Waals surface area (Å²) in [6.07, 6.45) is 0. The third kappa shape index (κ3) is 5.37. The maximum atomic E-state index is 2.56. The largest absolute Gasteiger partial charge is 0.0622 e. The van der Waals surface area contributed by atoms with Gasteiger partial charge in [0.05, 0.1) is 0 Å². The topological polar surface area (TPSA) is 0 Å². The number of hydrogen-bond acceptors (Lipinski definition) is 0. The van der Waals surface area contributed by atoms with Crippen LogP contribution in [0.2, 0.25) is 0 Å². The Morgan fingerprint density at radius 3 is 1.13 bits per heavy atom. The van der Waals surface area contributed by atoms with Crippen molar-refractivity contribution in [2.24, 2.45) is 0 Å². The molecule has 12 aromatic carbocycles. The fourth-order valence-electron chi connectivity index (χ4n) is 13.3. The maximum absolute atomic E-state index is 2.56. The summed E-state index contributed by atoms with van der Waals surface area (Å²) in [5.41, 5.74) is 26.0. The summed E-state index contributed by atoms with van der Waals surface area (Å²) in [7, 11) is 0. The molecule has 3 aliphatic carbocycles. The summed E-state index contributed by atoms with van der Waals surface area (Å²) in [6, 6.07) is 83.2. The first kappa shape index (κ1) is 39.7. The highest BCUT2D eigenvalue weighted by Gasteiger charge is 2.39. The van der Waals surface area contributed by atoms with Crippen molar-refractivity contribution in [3.05, 3.63) is 241 Å². The van der Waals surface area contributed by atoms with Crippen LogP contribution < -0.4 is 0 Å². The minimum Gasteiger partial charge on any atom is -0.0622 e. The van der Waals surface area contributed by atoms with Gasteiger partial charge in [-0.15, -0.1) is 0 Å². The van der Waals surface area contributed by atoms with Crippen molar-refractivity contribution in [2.75, 3.05) is 0 Å². The van der Waals surface area contributed by atoms with Gasteiger partial charge in [0.25, 0.3) is 0 Å². The molecular formula is C70H48. The molecule has 0 aliphatic heterocycles. The van der Waals surface area contributed by atoms with E-state index in [1.807, 2.05) is 0 Å². The molecule has 0 heteroatoms. The average Bonchev–Trinajstić information content (AvgIpc) is 3.93. The van der Waals surface area contributed by atoms with E-state index >= 15 is 0 Å². The molecule has 0 amide bonds. The molecule has 0 atom stereocenters. The first-order valence-electron chi connectivity index (χ1n) is 24.9. The van der Waals surface area contributed by atoms with Crippen molar-refractivity contribution in [3.8, 4) is 89.0 Å². The van der Waals surface area contributed by atoms with Gasteiger partial charge in [-0.2, -0.15) is 0 Å². The minimum absolute atomic E-state index is 0.200. The molecule has 0 unspecified atom stereocenters. The van der Waals surface area contributed by atoms with Crippen molar-refractivity contribution in [3.63, 3.8) is 0 Å². The first-order valence-corrected chi connectivity index (χ1v) is 24.9. The van der Waals surface area contributed by atoms with Crippen LogP contribution in [0.25, 0.3) is 132 Å². The monoisotopic (exact) mass is 888 g/mol. The smallest absolute Gasteiger partial charge is 0.0159 e. The Morgan fingerprint density at radius 2 is 0.629 bits per heavy atom. The number of hydrogen-bond donors (Lipinski definition) is 0. The third-order valence-corrected chi connectivity index (χ3v) is 16.7. The maximum Gasteiger partial charge on any atom is 0.0159 e. The second-order valence-electron chi connectivity index (χ2n) is 21.1. The molecule has 0 heterocycles. The highest BCUT2D eigenvalue weighted by molar-refractivity contribution is 6.31. The molecule has 0 nitrogen and oxygen atoms in total. The number of fused-ring (bicyclic) bond motifs is 13. The highest BCUT2D eigenvalue weighted by atomic mass is 14.4. The SMILES string of the molecule is CC1(C)c2cc(-c3ccccc3)ccc2-c2ccc(-c3c4c(c(-c5ccc6c(c5)C(C)(C)c5cc(-c7ccccc7)ccc5-6)c5cc6ccccc6cc35)-c3cc5ccccc5c5cccc-4c35)cc21. The van der Waals surface area contributed by atoms with Crippen LogP contribution in [0.15, 0.2) is 218 Å². The molecule has 0 saturated carbocycles. The van der Waals surface area contributed by atoms with E-state index in [9.17, 15) is 0 Å². The molecule has 0 aromatic heterocycles. The van der Waals surface area contributed by atoms with Gasteiger partial charge in [0, 0.05) is 10.8 Å². The van der Waals surface area contributed by atoms with Crippen LogP contribution in [0.5, 0.6) is 0 Å². The van der Waals surface area contributed by atoms with E-state index in [2.05, 4.69) is 246 Å². The zero-order valence-corrected chi connectivity index (χ0v) is 39.8. The number of rotatable bonds is 4. The van der Waals surface area contributed by atoms with Crippen molar-refractivity contribution in [1.29, 1.82) is 0 Å². The molecule has 0 N–H and O–H groups in total. The van der Waals surface area contributed by atoms with E-state index in [-0.39, 0.29) is 10.8 Å². The normalized spacial score (nSPS) is 14.2. The minimum atomic E-state index is -0.201. The van der Waals surface area contributed by atoms with E-state index in [1.54, 1.807) is 0 Å². The van der Waals surface area contributed by atoms with E-state index < -0.39 is 0 Å². The molecule has 3 aliphatic rings. The van der Waals surface area contributed by atoms with Gasteiger partial charge < -0.3 is 0 Å². The van der Waals surface area contributed by atoms with E-state index in [0.717, 1.165) is 0 Å². The second-order valence-corrected chi connectivity index (χ2v) is 21.1. The van der Waals surface area contributed by atoms with Crippen LogP contribution in [0.4, 0.5) is 0 Å². The van der Waals surface area contributed by atoms with Gasteiger partial charge >= 0.3 is 0 Å². The van der Waals surface area contributed by atoms with Gasteiger partial charge in [-0.1, -0.05) is 204 Å². The predicted molar refractivity (Wildman–Crippen MR) is 298 cm³/mol. The Hall–Kier alpha value is -8.32. The summed E-state index contributed by atoms with van der Waals surface area (Å²) in [6.45, 7) is 9.70. The van der Waals surface area contributed by atoms with Crippen molar-refractivity contribution in [1.82, 2.24) is 0 Å². The predicted octanol–water partition coefficient (Wildman–Crippen LogP) is 19.2. The van der Waals surface area contributed by atoms with Crippen LogP contribution >= 0.6 is 0 Å².